The van der Waals surface area contributed by atoms with Gasteiger partial charge in [0.25, 0.3) is 5.91 Å². The molecule has 2 heterocycles. The highest BCUT2D eigenvalue weighted by Gasteiger charge is 2.17. The van der Waals surface area contributed by atoms with Gasteiger partial charge in [-0.3, -0.25) is 4.79 Å². The quantitative estimate of drug-likeness (QED) is 0.418. The molecule has 0 saturated heterocycles. The number of nitriles is 1. The summed E-state index contributed by atoms with van der Waals surface area (Å²) in [6.45, 7) is 0.369. The van der Waals surface area contributed by atoms with Crippen LogP contribution in [0.25, 0.3) is 16.3 Å². The van der Waals surface area contributed by atoms with E-state index in [1.165, 1.54) is 17.4 Å². The Morgan fingerprint density at radius 3 is 2.69 bits per heavy atom. The fourth-order valence-electron chi connectivity index (χ4n) is 3.23. The summed E-state index contributed by atoms with van der Waals surface area (Å²) in [4.78, 5) is 16.6. The minimum Gasteiger partial charge on any atom is -0.382 e. The van der Waals surface area contributed by atoms with E-state index >= 15 is 0 Å². The fraction of sp³-hybridized carbons (Fsp3) is 0.130. The molecule has 1 amide bonds. The first-order valence-electron chi connectivity index (χ1n) is 9.90. The lowest BCUT2D eigenvalue weighted by atomic mass is 10.1. The van der Waals surface area contributed by atoms with Crippen LogP contribution in [-0.2, 0) is 6.42 Å². The van der Waals surface area contributed by atoms with E-state index in [4.69, 9.17) is 5.73 Å². The summed E-state index contributed by atoms with van der Waals surface area (Å²) in [5.41, 5.74) is 8.41. The molecule has 0 unspecified atom stereocenters. The first-order valence-corrected chi connectivity index (χ1v) is 10.8. The van der Waals surface area contributed by atoms with Crippen LogP contribution in [0, 0.1) is 17.1 Å². The van der Waals surface area contributed by atoms with Gasteiger partial charge in [0, 0.05) is 17.5 Å². The lowest BCUT2D eigenvalue weighted by Crippen LogP contribution is -2.25. The molecule has 160 valence electrons. The van der Waals surface area contributed by atoms with Gasteiger partial charge in [-0.15, -0.1) is 11.3 Å². The van der Waals surface area contributed by atoms with Crippen LogP contribution in [0.1, 0.15) is 28.2 Å². The van der Waals surface area contributed by atoms with Gasteiger partial charge in [-0.1, -0.05) is 30.3 Å². The molecular formula is C23H19FN6OS. The Labute approximate surface area is 188 Å². The number of aryl methyl sites for hydroxylation is 1. The number of nitrogens with zero attached hydrogens (tertiary/aromatic N) is 4. The van der Waals surface area contributed by atoms with Crippen molar-refractivity contribution in [2.45, 2.75) is 12.8 Å². The lowest BCUT2D eigenvalue weighted by molar-refractivity contribution is 0.0949. The average Bonchev–Trinajstić information content (AvgIpc) is 3.42. The smallest absolute Gasteiger partial charge is 0.270 e. The van der Waals surface area contributed by atoms with Gasteiger partial charge in [0.15, 0.2) is 0 Å². The van der Waals surface area contributed by atoms with Crippen molar-refractivity contribution in [2.75, 3.05) is 12.3 Å². The molecule has 0 spiro atoms. The Kier molecular flexibility index (Phi) is 6.24. The topological polar surface area (TPSA) is 110 Å². The first-order chi connectivity index (χ1) is 15.6. The van der Waals surface area contributed by atoms with Crippen molar-refractivity contribution in [3.8, 4) is 22.3 Å². The highest BCUT2D eigenvalue weighted by molar-refractivity contribution is 7.13. The third kappa shape index (κ3) is 4.36. The van der Waals surface area contributed by atoms with Crippen molar-refractivity contribution in [3.63, 3.8) is 0 Å². The number of halogens is 1. The average molecular weight is 447 g/mol. The van der Waals surface area contributed by atoms with Crippen LogP contribution in [0.2, 0.25) is 0 Å². The lowest BCUT2D eigenvalue weighted by Gasteiger charge is -2.03. The number of thiazole rings is 1. The molecule has 0 radical (unpaired) electrons. The predicted molar refractivity (Wildman–Crippen MR) is 121 cm³/mol. The Bertz CT molecular complexity index is 1290. The maximum atomic E-state index is 13.9. The minimum absolute atomic E-state index is 0.239. The summed E-state index contributed by atoms with van der Waals surface area (Å²) in [7, 11) is 0. The van der Waals surface area contributed by atoms with Crippen LogP contribution < -0.4 is 11.1 Å². The number of hydrogen-bond acceptors (Lipinski definition) is 6. The molecule has 4 rings (SSSR count). The largest absolute Gasteiger partial charge is 0.382 e. The van der Waals surface area contributed by atoms with Gasteiger partial charge in [0.2, 0.25) is 0 Å². The number of nitrogens with two attached hydrogens (primary N) is 1. The second-order valence-electron chi connectivity index (χ2n) is 6.94. The normalized spacial score (nSPS) is 10.6. The van der Waals surface area contributed by atoms with E-state index in [0.29, 0.717) is 47.0 Å². The number of carbonyl (C=O) groups excluding carboxylic acids is 1. The molecule has 32 heavy (non-hydrogen) atoms. The van der Waals surface area contributed by atoms with Crippen LogP contribution in [0.3, 0.4) is 0 Å². The molecule has 2 aromatic carbocycles. The van der Waals surface area contributed by atoms with Gasteiger partial charge in [0.1, 0.15) is 34.0 Å². The number of aromatic nitrogens is 3. The van der Waals surface area contributed by atoms with E-state index in [1.54, 1.807) is 28.3 Å². The second-order valence-corrected chi connectivity index (χ2v) is 7.80. The molecular weight excluding hydrogens is 427 g/mol. The molecule has 2 aromatic heterocycles. The summed E-state index contributed by atoms with van der Waals surface area (Å²) in [6, 6.07) is 17.8. The van der Waals surface area contributed by atoms with E-state index in [1.807, 2.05) is 30.3 Å². The first kappa shape index (κ1) is 21.2. The van der Waals surface area contributed by atoms with Crippen LogP contribution >= 0.6 is 11.3 Å². The van der Waals surface area contributed by atoms with Gasteiger partial charge in [-0.2, -0.15) is 10.4 Å². The molecule has 0 aliphatic heterocycles. The van der Waals surface area contributed by atoms with E-state index in [2.05, 4.69) is 21.5 Å². The number of carbonyl (C=O) groups is 1. The molecule has 9 heteroatoms. The van der Waals surface area contributed by atoms with Crippen LogP contribution in [-0.4, -0.2) is 27.2 Å². The third-order valence-electron chi connectivity index (χ3n) is 4.82. The zero-order chi connectivity index (χ0) is 22.5. The maximum Gasteiger partial charge on any atom is 0.270 e. The zero-order valence-corrected chi connectivity index (χ0v) is 17.8. The summed E-state index contributed by atoms with van der Waals surface area (Å²) in [5.74, 6) is -0.420. The highest BCUT2D eigenvalue weighted by atomic mass is 32.1. The molecule has 0 atom stereocenters. The van der Waals surface area contributed by atoms with E-state index in [-0.39, 0.29) is 17.4 Å². The van der Waals surface area contributed by atoms with Crippen molar-refractivity contribution < 1.29 is 9.18 Å². The van der Waals surface area contributed by atoms with Crippen LogP contribution in [0.15, 0.2) is 60.0 Å². The predicted octanol–water partition coefficient (Wildman–Crippen LogP) is 3.95. The van der Waals surface area contributed by atoms with Crippen molar-refractivity contribution in [2.24, 2.45) is 0 Å². The van der Waals surface area contributed by atoms with Gasteiger partial charge in [-0.05, 0) is 37.1 Å². The van der Waals surface area contributed by atoms with E-state index < -0.39 is 0 Å². The van der Waals surface area contributed by atoms with E-state index in [9.17, 15) is 14.4 Å². The Hall–Kier alpha value is -4.03. The van der Waals surface area contributed by atoms with Gasteiger partial charge < -0.3 is 11.1 Å². The fourth-order valence-corrected chi connectivity index (χ4v) is 4.05. The number of rotatable bonds is 7. The molecule has 4 aromatic rings. The third-order valence-corrected chi connectivity index (χ3v) is 5.70. The Morgan fingerprint density at radius 2 is 1.94 bits per heavy atom. The Balaban J connectivity index is 1.36. The Morgan fingerprint density at radius 1 is 1.19 bits per heavy atom. The molecule has 0 saturated carbocycles. The zero-order valence-electron chi connectivity index (χ0n) is 17.0. The number of anilines is 1. The maximum absolute atomic E-state index is 13.9. The molecule has 0 aliphatic rings. The summed E-state index contributed by atoms with van der Waals surface area (Å²) in [6.07, 6.45) is 1.04. The summed E-state index contributed by atoms with van der Waals surface area (Å²) >= 11 is 1.21. The number of para-hydroxylation sites is 1. The molecule has 7 nitrogen and oxygen atoms in total. The van der Waals surface area contributed by atoms with Crippen LogP contribution in [0.4, 0.5) is 10.2 Å². The number of hydrogen-bond donors (Lipinski definition) is 2. The molecule has 3 N–H and O–H groups in total. The summed E-state index contributed by atoms with van der Waals surface area (Å²) in [5, 5.41) is 18.8. The van der Waals surface area contributed by atoms with Crippen LogP contribution in [0.5, 0.6) is 0 Å². The number of benzene rings is 2. The SMILES string of the molecule is N#Cc1c(CCCNC(=O)c2csc(-c3ccccc3F)n2)nn(-c2ccccc2)c1N. The standard InChI is InChI=1S/C23H19FN6OS/c24-18-10-5-4-9-16(18)23-28-20(14-32-23)22(31)27-12-6-11-19-17(13-25)21(26)30(29-19)15-7-2-1-3-8-15/h1-5,7-10,14H,6,11-12,26H2,(H,27,31). The highest BCUT2D eigenvalue weighted by Crippen LogP contribution is 2.26. The van der Waals surface area contributed by atoms with Crippen molar-refractivity contribution in [1.29, 1.82) is 5.26 Å². The monoisotopic (exact) mass is 446 g/mol. The van der Waals surface area contributed by atoms with Gasteiger partial charge in [0.05, 0.1) is 11.4 Å². The van der Waals surface area contributed by atoms with Gasteiger partial charge >= 0.3 is 0 Å². The van der Waals surface area contributed by atoms with Crippen molar-refractivity contribution >= 4 is 23.1 Å². The number of nitrogen functional groups attached to an aromatic ring is 1. The molecule has 0 aliphatic carbocycles. The van der Waals surface area contributed by atoms with Crippen molar-refractivity contribution in [1.82, 2.24) is 20.1 Å². The van der Waals surface area contributed by atoms with E-state index in [0.717, 1.165) is 5.69 Å². The number of nitrogens with one attached hydrogen (secondary N) is 1. The second kappa shape index (κ2) is 9.41. The van der Waals surface area contributed by atoms with Gasteiger partial charge in [-0.25, -0.2) is 14.1 Å². The molecule has 0 fully saturated rings. The summed E-state index contributed by atoms with van der Waals surface area (Å²) < 4.78 is 15.5. The molecule has 0 bridgehead atoms. The van der Waals surface area contributed by atoms with Crippen molar-refractivity contribution in [3.05, 3.63) is 82.7 Å². The number of amides is 1. The minimum atomic E-state index is -0.378.